The van der Waals surface area contributed by atoms with Crippen LogP contribution in [-0.4, -0.2) is 33.0 Å². The van der Waals surface area contributed by atoms with Crippen molar-refractivity contribution >= 4 is 0 Å². The third-order valence-corrected chi connectivity index (χ3v) is 1.63. The molecule has 0 heterocycles. The fourth-order valence-electron chi connectivity index (χ4n) is 0.915. The molecule has 0 spiro atoms. The second-order valence-electron chi connectivity index (χ2n) is 3.08. The van der Waals surface area contributed by atoms with Gasteiger partial charge in [-0.05, 0) is 26.2 Å². The van der Waals surface area contributed by atoms with Crippen molar-refractivity contribution < 1.29 is 9.47 Å². The molecule has 0 aromatic carbocycles. The van der Waals surface area contributed by atoms with E-state index in [0.29, 0.717) is 19.3 Å². The van der Waals surface area contributed by atoms with Gasteiger partial charge in [0.25, 0.3) is 0 Å². The van der Waals surface area contributed by atoms with Crippen molar-refractivity contribution in [1.82, 2.24) is 0 Å². The van der Waals surface area contributed by atoms with Gasteiger partial charge in [-0.1, -0.05) is 0 Å². The van der Waals surface area contributed by atoms with Crippen LogP contribution in [0.1, 0.15) is 26.2 Å². The minimum atomic E-state index is 0.323. The van der Waals surface area contributed by atoms with Crippen LogP contribution in [0.2, 0.25) is 0 Å². The lowest BCUT2D eigenvalue weighted by molar-refractivity contribution is 0.0685. The molecular formula is C9H21NO2. The van der Waals surface area contributed by atoms with Crippen molar-refractivity contribution in [3.05, 3.63) is 0 Å². The Hall–Kier alpha value is -0.120. The van der Waals surface area contributed by atoms with Gasteiger partial charge in [0.2, 0.25) is 0 Å². The summed E-state index contributed by atoms with van der Waals surface area (Å²) in [5, 5.41) is 0. The number of hydrogen-bond acceptors (Lipinski definition) is 3. The third kappa shape index (κ3) is 9.88. The predicted octanol–water partition coefficient (Wildman–Crippen LogP) is 1.17. The molecule has 3 nitrogen and oxygen atoms in total. The summed E-state index contributed by atoms with van der Waals surface area (Å²) in [6.07, 6.45) is 3.35. The highest BCUT2D eigenvalue weighted by Crippen LogP contribution is 1.98. The molecule has 3 heteroatoms. The van der Waals surface area contributed by atoms with E-state index in [2.05, 4.69) is 0 Å². The first kappa shape index (κ1) is 11.9. The van der Waals surface area contributed by atoms with Crippen molar-refractivity contribution in [3.63, 3.8) is 0 Å². The molecule has 0 rings (SSSR count). The number of unbranched alkanes of at least 4 members (excludes halogenated alkanes) is 1. The molecule has 0 aliphatic rings. The van der Waals surface area contributed by atoms with Crippen molar-refractivity contribution in [2.45, 2.75) is 32.2 Å². The van der Waals surface area contributed by atoms with E-state index in [9.17, 15) is 0 Å². The smallest absolute Gasteiger partial charge is 0.0700 e. The van der Waals surface area contributed by atoms with Gasteiger partial charge in [-0.2, -0.15) is 0 Å². The summed E-state index contributed by atoms with van der Waals surface area (Å²) in [4.78, 5) is 0. The topological polar surface area (TPSA) is 44.5 Å². The molecular weight excluding hydrogens is 154 g/mol. The zero-order chi connectivity index (χ0) is 9.23. The Morgan fingerprint density at radius 2 is 1.92 bits per heavy atom. The minimum absolute atomic E-state index is 0.323. The molecule has 1 atom stereocenters. The second kappa shape index (κ2) is 8.97. The van der Waals surface area contributed by atoms with Crippen molar-refractivity contribution in [2.75, 3.05) is 26.9 Å². The van der Waals surface area contributed by atoms with Crippen LogP contribution in [0.4, 0.5) is 0 Å². The Kier molecular flexibility index (Phi) is 8.88. The van der Waals surface area contributed by atoms with Gasteiger partial charge in [0.1, 0.15) is 0 Å². The maximum Gasteiger partial charge on any atom is 0.0700 e. The maximum absolute atomic E-state index is 5.59. The van der Waals surface area contributed by atoms with Gasteiger partial charge in [0, 0.05) is 19.8 Å². The molecule has 0 aromatic heterocycles. The van der Waals surface area contributed by atoms with Crippen LogP contribution in [0, 0.1) is 0 Å². The molecule has 0 amide bonds. The summed E-state index contributed by atoms with van der Waals surface area (Å²) in [5.41, 5.74) is 5.59. The molecule has 0 aromatic rings. The Morgan fingerprint density at radius 1 is 1.17 bits per heavy atom. The highest BCUT2D eigenvalue weighted by Gasteiger charge is 1.93. The molecule has 0 bridgehead atoms. The molecule has 0 aliphatic heterocycles. The summed E-state index contributed by atoms with van der Waals surface area (Å²) < 4.78 is 10.1. The molecule has 0 radical (unpaired) electrons. The van der Waals surface area contributed by atoms with Crippen LogP contribution in [0.5, 0.6) is 0 Å². The van der Waals surface area contributed by atoms with Gasteiger partial charge in [0.15, 0.2) is 0 Å². The molecule has 0 fully saturated rings. The van der Waals surface area contributed by atoms with Crippen molar-refractivity contribution in [3.8, 4) is 0 Å². The fraction of sp³-hybridized carbons (Fsp3) is 1.00. The average Bonchev–Trinajstić information content (AvgIpc) is 2.02. The van der Waals surface area contributed by atoms with E-state index in [1.165, 1.54) is 0 Å². The quantitative estimate of drug-likeness (QED) is 0.563. The molecule has 0 aliphatic carbocycles. The van der Waals surface area contributed by atoms with Gasteiger partial charge >= 0.3 is 0 Å². The summed E-state index contributed by atoms with van der Waals surface area (Å²) in [6.45, 7) is 4.25. The zero-order valence-electron chi connectivity index (χ0n) is 8.21. The zero-order valence-corrected chi connectivity index (χ0v) is 8.21. The number of methoxy groups -OCH3 is 1. The normalized spacial score (nSPS) is 13.2. The minimum Gasteiger partial charge on any atom is -0.382 e. The van der Waals surface area contributed by atoms with E-state index in [0.717, 1.165) is 25.9 Å². The first-order chi connectivity index (χ1) is 5.77. The standard InChI is InChI=1S/C9H21NO2/c1-9(10)5-3-4-6-12-8-7-11-2/h9H,3-8,10H2,1-2H3. The maximum atomic E-state index is 5.59. The SMILES string of the molecule is COCCOCCCCC(C)N. The van der Waals surface area contributed by atoms with Gasteiger partial charge in [-0.25, -0.2) is 0 Å². The van der Waals surface area contributed by atoms with Crippen LogP contribution in [-0.2, 0) is 9.47 Å². The average molecular weight is 175 g/mol. The number of hydrogen-bond donors (Lipinski definition) is 1. The van der Waals surface area contributed by atoms with Gasteiger partial charge < -0.3 is 15.2 Å². The molecule has 0 saturated heterocycles. The Bertz CT molecular complexity index is 86.6. The lowest BCUT2D eigenvalue weighted by Crippen LogP contribution is -2.14. The van der Waals surface area contributed by atoms with E-state index >= 15 is 0 Å². The number of rotatable bonds is 8. The fourth-order valence-corrected chi connectivity index (χ4v) is 0.915. The Balaban J connectivity index is 2.82. The van der Waals surface area contributed by atoms with E-state index in [-0.39, 0.29) is 0 Å². The summed E-state index contributed by atoms with van der Waals surface area (Å²) in [6, 6.07) is 0.323. The second-order valence-corrected chi connectivity index (χ2v) is 3.08. The van der Waals surface area contributed by atoms with Crippen LogP contribution >= 0.6 is 0 Å². The highest BCUT2D eigenvalue weighted by molar-refractivity contribution is 4.52. The summed E-state index contributed by atoms with van der Waals surface area (Å²) in [7, 11) is 1.68. The van der Waals surface area contributed by atoms with Crippen LogP contribution in [0.3, 0.4) is 0 Å². The molecule has 12 heavy (non-hydrogen) atoms. The van der Waals surface area contributed by atoms with Crippen LogP contribution in [0.25, 0.3) is 0 Å². The van der Waals surface area contributed by atoms with E-state index < -0.39 is 0 Å². The molecule has 0 saturated carbocycles. The van der Waals surface area contributed by atoms with Crippen molar-refractivity contribution in [2.24, 2.45) is 5.73 Å². The third-order valence-electron chi connectivity index (χ3n) is 1.63. The van der Waals surface area contributed by atoms with Gasteiger partial charge in [-0.3, -0.25) is 0 Å². The summed E-state index contributed by atoms with van der Waals surface area (Å²) >= 11 is 0. The number of ether oxygens (including phenoxy) is 2. The van der Waals surface area contributed by atoms with Gasteiger partial charge in [0.05, 0.1) is 13.2 Å². The molecule has 2 N–H and O–H groups in total. The Morgan fingerprint density at radius 3 is 2.50 bits per heavy atom. The highest BCUT2D eigenvalue weighted by atomic mass is 16.5. The lowest BCUT2D eigenvalue weighted by Gasteiger charge is -2.05. The first-order valence-corrected chi connectivity index (χ1v) is 4.59. The van der Waals surface area contributed by atoms with Crippen LogP contribution < -0.4 is 5.73 Å². The summed E-state index contributed by atoms with van der Waals surface area (Å²) in [5.74, 6) is 0. The van der Waals surface area contributed by atoms with Crippen molar-refractivity contribution in [1.29, 1.82) is 0 Å². The Labute approximate surface area is 75.2 Å². The van der Waals surface area contributed by atoms with Crippen LogP contribution in [0.15, 0.2) is 0 Å². The monoisotopic (exact) mass is 175 g/mol. The van der Waals surface area contributed by atoms with E-state index in [1.807, 2.05) is 6.92 Å². The molecule has 74 valence electrons. The van der Waals surface area contributed by atoms with E-state index in [1.54, 1.807) is 7.11 Å². The number of nitrogens with two attached hydrogens (primary N) is 1. The first-order valence-electron chi connectivity index (χ1n) is 4.59. The predicted molar refractivity (Wildman–Crippen MR) is 50.2 cm³/mol. The van der Waals surface area contributed by atoms with E-state index in [4.69, 9.17) is 15.2 Å². The van der Waals surface area contributed by atoms with Gasteiger partial charge in [-0.15, -0.1) is 0 Å². The lowest BCUT2D eigenvalue weighted by atomic mass is 10.1. The largest absolute Gasteiger partial charge is 0.382 e. The molecule has 1 unspecified atom stereocenters.